The monoisotopic (exact) mass is 322 g/mol. The van der Waals surface area contributed by atoms with Crippen LogP contribution in [0.1, 0.15) is 5.56 Å². The molecule has 2 amide bonds. The van der Waals surface area contributed by atoms with Crippen LogP contribution in [0.3, 0.4) is 0 Å². The van der Waals surface area contributed by atoms with Crippen molar-refractivity contribution in [3.8, 4) is 0 Å². The molecule has 0 atom stereocenters. The van der Waals surface area contributed by atoms with Gasteiger partial charge in [-0.2, -0.15) is 11.3 Å². The van der Waals surface area contributed by atoms with Crippen LogP contribution in [0, 0.1) is 0 Å². The third-order valence-electron chi connectivity index (χ3n) is 4.20. The van der Waals surface area contributed by atoms with Crippen molar-refractivity contribution >= 4 is 23.2 Å². The smallest absolute Gasteiger partial charge is 0.239 e. The van der Waals surface area contributed by atoms with Gasteiger partial charge in [-0.1, -0.05) is 0 Å². The fourth-order valence-electron chi connectivity index (χ4n) is 2.89. The van der Waals surface area contributed by atoms with Gasteiger partial charge in [-0.15, -0.1) is 0 Å². The molecule has 2 aliphatic heterocycles. The zero-order chi connectivity index (χ0) is 15.4. The second-order valence-electron chi connectivity index (χ2n) is 5.85. The molecule has 0 radical (unpaired) electrons. The normalized spacial score (nSPS) is 20.9. The van der Waals surface area contributed by atoms with Crippen molar-refractivity contribution in [1.82, 2.24) is 20.0 Å². The van der Waals surface area contributed by atoms with Crippen LogP contribution in [0.2, 0.25) is 0 Å². The first-order valence-electron chi connectivity index (χ1n) is 7.71. The van der Waals surface area contributed by atoms with E-state index in [-0.39, 0.29) is 18.4 Å². The Hall–Kier alpha value is -1.44. The van der Waals surface area contributed by atoms with Crippen molar-refractivity contribution in [2.75, 3.05) is 52.4 Å². The van der Waals surface area contributed by atoms with E-state index in [0.717, 1.165) is 32.7 Å². The minimum Gasteiger partial charge on any atom is -0.353 e. The molecule has 3 rings (SSSR count). The fraction of sp³-hybridized carbons (Fsp3) is 0.600. The Balaban J connectivity index is 1.41. The molecule has 0 spiro atoms. The van der Waals surface area contributed by atoms with Gasteiger partial charge in [0, 0.05) is 45.8 Å². The zero-order valence-electron chi connectivity index (χ0n) is 12.7. The molecule has 2 fully saturated rings. The summed E-state index contributed by atoms with van der Waals surface area (Å²) in [6.45, 7) is 6.63. The molecule has 7 heteroatoms. The molecule has 2 saturated heterocycles. The molecule has 3 heterocycles. The molecule has 120 valence electrons. The van der Waals surface area contributed by atoms with Crippen LogP contribution in [-0.4, -0.2) is 78.9 Å². The first-order chi connectivity index (χ1) is 10.7. The van der Waals surface area contributed by atoms with Gasteiger partial charge in [0.2, 0.25) is 11.8 Å². The Morgan fingerprint density at radius 2 is 1.95 bits per heavy atom. The Bertz CT molecular complexity index is 512. The van der Waals surface area contributed by atoms with E-state index >= 15 is 0 Å². The van der Waals surface area contributed by atoms with E-state index in [1.807, 2.05) is 0 Å². The summed E-state index contributed by atoms with van der Waals surface area (Å²) in [5.74, 6) is 0.0151. The van der Waals surface area contributed by atoms with Crippen molar-refractivity contribution < 1.29 is 9.59 Å². The van der Waals surface area contributed by atoms with Gasteiger partial charge in [0.1, 0.15) is 0 Å². The molecule has 1 N–H and O–H groups in total. The second kappa shape index (κ2) is 7.21. The summed E-state index contributed by atoms with van der Waals surface area (Å²) < 4.78 is 0. The van der Waals surface area contributed by atoms with Crippen molar-refractivity contribution in [2.24, 2.45) is 0 Å². The highest BCUT2D eigenvalue weighted by Gasteiger charge is 2.24. The molecule has 0 aromatic carbocycles. The number of nitrogens with one attached hydrogen (secondary N) is 1. The predicted molar refractivity (Wildman–Crippen MR) is 85.6 cm³/mol. The maximum atomic E-state index is 12.2. The van der Waals surface area contributed by atoms with Gasteiger partial charge < -0.3 is 10.2 Å². The summed E-state index contributed by atoms with van der Waals surface area (Å²) in [5.41, 5.74) is 1.37. The minimum atomic E-state index is -0.0554. The lowest BCUT2D eigenvalue weighted by atomic mass is 10.2. The van der Waals surface area contributed by atoms with Gasteiger partial charge in [0.25, 0.3) is 0 Å². The Morgan fingerprint density at radius 3 is 2.64 bits per heavy atom. The van der Waals surface area contributed by atoms with E-state index in [0.29, 0.717) is 19.6 Å². The standard InChI is InChI=1S/C15H22N4O2S/c20-14-10-19(3-2-16-14)15(21)11-18-6-4-17(5-7-18)9-13-1-8-22-12-13/h1,8,12H,2-7,9-11H2,(H,16,20). The highest BCUT2D eigenvalue weighted by atomic mass is 32.1. The number of carbonyl (C=O) groups excluding carboxylic acids is 2. The van der Waals surface area contributed by atoms with Crippen LogP contribution in [0.25, 0.3) is 0 Å². The van der Waals surface area contributed by atoms with E-state index < -0.39 is 0 Å². The second-order valence-corrected chi connectivity index (χ2v) is 6.63. The molecule has 0 saturated carbocycles. The predicted octanol–water partition coefficient (Wildman–Crippen LogP) is -0.176. The molecule has 0 bridgehead atoms. The minimum absolute atomic E-state index is 0.0554. The Kier molecular flexibility index (Phi) is 5.07. The molecule has 6 nitrogen and oxygen atoms in total. The summed E-state index contributed by atoms with van der Waals surface area (Å²) >= 11 is 1.73. The average Bonchev–Trinajstić information content (AvgIpc) is 3.02. The van der Waals surface area contributed by atoms with E-state index in [9.17, 15) is 9.59 Å². The molecule has 0 unspecified atom stereocenters. The molecule has 1 aromatic rings. The summed E-state index contributed by atoms with van der Waals surface area (Å²) in [5, 5.41) is 7.05. The van der Waals surface area contributed by atoms with Gasteiger partial charge in [-0.25, -0.2) is 0 Å². The van der Waals surface area contributed by atoms with E-state index in [4.69, 9.17) is 0 Å². The molecule has 2 aliphatic rings. The highest BCUT2D eigenvalue weighted by molar-refractivity contribution is 7.07. The first kappa shape index (κ1) is 15.5. The van der Waals surface area contributed by atoms with Crippen molar-refractivity contribution in [3.05, 3.63) is 22.4 Å². The number of nitrogens with zero attached hydrogens (tertiary/aromatic N) is 3. The van der Waals surface area contributed by atoms with E-state index in [2.05, 4.69) is 31.9 Å². The number of hydrogen-bond acceptors (Lipinski definition) is 5. The lowest BCUT2D eigenvalue weighted by Crippen LogP contribution is -2.54. The third kappa shape index (κ3) is 4.06. The maximum Gasteiger partial charge on any atom is 0.239 e. The average molecular weight is 322 g/mol. The van der Waals surface area contributed by atoms with Crippen LogP contribution in [0.15, 0.2) is 16.8 Å². The number of hydrogen-bond donors (Lipinski definition) is 1. The van der Waals surface area contributed by atoms with Gasteiger partial charge in [-0.05, 0) is 22.4 Å². The molecule has 0 aliphatic carbocycles. The van der Waals surface area contributed by atoms with Crippen molar-refractivity contribution in [1.29, 1.82) is 0 Å². The van der Waals surface area contributed by atoms with Crippen LogP contribution in [0.4, 0.5) is 0 Å². The van der Waals surface area contributed by atoms with Crippen molar-refractivity contribution in [3.63, 3.8) is 0 Å². The summed E-state index contributed by atoms with van der Waals surface area (Å²) in [6, 6.07) is 2.17. The maximum absolute atomic E-state index is 12.2. The van der Waals surface area contributed by atoms with Crippen LogP contribution in [0.5, 0.6) is 0 Å². The summed E-state index contributed by atoms with van der Waals surface area (Å²) in [4.78, 5) is 29.9. The largest absolute Gasteiger partial charge is 0.353 e. The van der Waals surface area contributed by atoms with Crippen LogP contribution >= 0.6 is 11.3 Å². The SMILES string of the molecule is O=C1CN(C(=O)CN2CCN(Cc3ccsc3)CC2)CCN1. The Labute approximate surface area is 134 Å². The molecule has 1 aromatic heterocycles. The number of rotatable bonds is 4. The first-order valence-corrected chi connectivity index (χ1v) is 8.65. The lowest BCUT2D eigenvalue weighted by Gasteiger charge is -2.35. The highest BCUT2D eigenvalue weighted by Crippen LogP contribution is 2.11. The van der Waals surface area contributed by atoms with Crippen LogP contribution in [-0.2, 0) is 16.1 Å². The lowest BCUT2D eigenvalue weighted by molar-refractivity contribution is -0.139. The zero-order valence-corrected chi connectivity index (χ0v) is 13.5. The number of thiophene rings is 1. The Morgan fingerprint density at radius 1 is 1.18 bits per heavy atom. The van der Waals surface area contributed by atoms with Crippen LogP contribution < -0.4 is 5.32 Å². The molecule has 22 heavy (non-hydrogen) atoms. The molecular weight excluding hydrogens is 300 g/mol. The number of piperazine rings is 2. The molecular formula is C15H22N4O2S. The van der Waals surface area contributed by atoms with E-state index in [1.165, 1.54) is 5.56 Å². The van der Waals surface area contributed by atoms with Gasteiger partial charge >= 0.3 is 0 Å². The quantitative estimate of drug-likeness (QED) is 0.836. The third-order valence-corrected chi connectivity index (χ3v) is 4.93. The van der Waals surface area contributed by atoms with Gasteiger partial charge in [0.15, 0.2) is 0 Å². The topological polar surface area (TPSA) is 55.9 Å². The number of amides is 2. The van der Waals surface area contributed by atoms with Gasteiger partial charge in [-0.3, -0.25) is 19.4 Å². The van der Waals surface area contributed by atoms with E-state index in [1.54, 1.807) is 16.2 Å². The number of carbonyl (C=O) groups is 2. The van der Waals surface area contributed by atoms with Gasteiger partial charge in [0.05, 0.1) is 13.1 Å². The summed E-state index contributed by atoms with van der Waals surface area (Å²) in [6.07, 6.45) is 0. The fourth-order valence-corrected chi connectivity index (χ4v) is 3.55. The summed E-state index contributed by atoms with van der Waals surface area (Å²) in [7, 11) is 0. The van der Waals surface area contributed by atoms with Crippen molar-refractivity contribution in [2.45, 2.75) is 6.54 Å².